The van der Waals surface area contributed by atoms with Gasteiger partial charge in [0.05, 0.1) is 5.57 Å². The van der Waals surface area contributed by atoms with E-state index in [-0.39, 0.29) is 22.0 Å². The van der Waals surface area contributed by atoms with E-state index in [1.807, 2.05) is 24.2 Å². The molecule has 2 N–H and O–H groups in total. The van der Waals surface area contributed by atoms with E-state index in [1.54, 1.807) is 0 Å². The molecule has 1 aliphatic heterocycles. The summed E-state index contributed by atoms with van der Waals surface area (Å²) in [5.74, 6) is 1.93. The van der Waals surface area contributed by atoms with Gasteiger partial charge < -0.3 is 15.2 Å². The summed E-state index contributed by atoms with van der Waals surface area (Å²) in [5.41, 5.74) is 0.528. The first kappa shape index (κ1) is 13.6. The van der Waals surface area contributed by atoms with Crippen LogP contribution in [0.1, 0.15) is 19.3 Å². The summed E-state index contributed by atoms with van der Waals surface area (Å²) in [6, 6.07) is 0. The maximum Gasteiger partial charge on any atom is 0.351 e. The van der Waals surface area contributed by atoms with Crippen molar-refractivity contribution in [2.24, 2.45) is 0 Å². The van der Waals surface area contributed by atoms with Gasteiger partial charge >= 0.3 is 6.71 Å². The van der Waals surface area contributed by atoms with Crippen LogP contribution in [-0.4, -0.2) is 22.5 Å². The second-order valence-corrected chi connectivity index (χ2v) is 4.91. The van der Waals surface area contributed by atoms with E-state index in [0.29, 0.717) is 12.7 Å². The van der Waals surface area contributed by atoms with E-state index in [2.05, 4.69) is 5.32 Å². The number of nitrogens with zero attached hydrogens (tertiary/aromatic N) is 1. The Kier molecular flexibility index (Phi) is 4.18. The molecule has 0 spiro atoms. The van der Waals surface area contributed by atoms with E-state index < -0.39 is 6.71 Å². The van der Waals surface area contributed by atoms with Crippen LogP contribution in [0, 0.1) is 11.2 Å². The quantitative estimate of drug-likeness (QED) is 0.594. The average Bonchev–Trinajstić information content (AvgIpc) is 2.40. The minimum absolute atomic E-state index is 0.0191. The predicted molar refractivity (Wildman–Crippen MR) is 77.6 cm³/mol. The van der Waals surface area contributed by atoms with Crippen molar-refractivity contribution >= 4 is 29.6 Å². The molecule has 4 nitrogen and oxygen atoms in total. The second-order valence-electron chi connectivity index (χ2n) is 4.50. The molecule has 1 aliphatic carbocycles. The number of thiocarbonyl (C=S) groups is 1. The van der Waals surface area contributed by atoms with Gasteiger partial charge in [0, 0.05) is 18.1 Å². The summed E-state index contributed by atoms with van der Waals surface area (Å²) in [6.07, 6.45) is 8.47. The van der Waals surface area contributed by atoms with Crippen LogP contribution in [0.3, 0.4) is 0 Å². The molecular weight excluding hydrogens is 259 g/mol. The number of rotatable bonds is 2. The van der Waals surface area contributed by atoms with Gasteiger partial charge in [0.1, 0.15) is 16.4 Å². The van der Waals surface area contributed by atoms with Gasteiger partial charge in [-0.05, 0) is 25.2 Å². The standard InChI is InChI=1S/C13H13BN2O2S/c15-8-14-7-6-10(17)11(12(14)18)13(19)16-9-4-2-1-3-5-9/h2,4-5,17H,1,3,6-7H2,(H,16,19). The Hall–Kier alpha value is -1.87. The molecule has 0 aromatic carbocycles. The second kappa shape index (κ2) is 5.85. The highest BCUT2D eigenvalue weighted by molar-refractivity contribution is 7.81. The monoisotopic (exact) mass is 272 g/mol. The fourth-order valence-electron chi connectivity index (χ4n) is 2.12. The molecule has 2 rings (SSSR count). The molecule has 96 valence electrons. The van der Waals surface area contributed by atoms with Crippen molar-refractivity contribution in [3.63, 3.8) is 0 Å². The first-order valence-corrected chi connectivity index (χ1v) is 6.58. The molecule has 0 bridgehead atoms. The molecule has 0 amide bonds. The molecule has 0 aromatic rings. The number of nitrogens with one attached hydrogen (secondary N) is 1. The van der Waals surface area contributed by atoms with Crippen molar-refractivity contribution in [1.29, 1.82) is 5.26 Å². The molecule has 19 heavy (non-hydrogen) atoms. The van der Waals surface area contributed by atoms with Crippen molar-refractivity contribution in [2.45, 2.75) is 25.6 Å². The third kappa shape index (κ3) is 2.94. The summed E-state index contributed by atoms with van der Waals surface area (Å²) in [4.78, 5) is 12.2. The van der Waals surface area contributed by atoms with Gasteiger partial charge in [0.2, 0.25) is 0 Å². The molecule has 1 heterocycles. The fourth-order valence-corrected chi connectivity index (χ4v) is 2.46. The number of nitriles is 1. The predicted octanol–water partition coefficient (Wildman–Crippen LogP) is 2.02. The Morgan fingerprint density at radius 1 is 1.53 bits per heavy atom. The lowest BCUT2D eigenvalue weighted by Gasteiger charge is -2.19. The van der Waals surface area contributed by atoms with Crippen molar-refractivity contribution in [3.8, 4) is 5.97 Å². The highest BCUT2D eigenvalue weighted by Gasteiger charge is 2.35. The third-order valence-electron chi connectivity index (χ3n) is 3.16. The lowest BCUT2D eigenvalue weighted by atomic mass is 9.41. The molecule has 6 heteroatoms. The van der Waals surface area contributed by atoms with Crippen LogP contribution in [-0.2, 0) is 4.79 Å². The molecule has 0 radical (unpaired) electrons. The van der Waals surface area contributed by atoms with E-state index in [4.69, 9.17) is 17.5 Å². The number of carbonyl (C=O) groups is 1. The van der Waals surface area contributed by atoms with Crippen molar-refractivity contribution < 1.29 is 9.90 Å². The van der Waals surface area contributed by atoms with Crippen LogP contribution in [0.25, 0.3) is 0 Å². The number of carbonyl (C=O) groups excluding carboxylic acids is 1. The normalized spacial score (nSPS) is 19.0. The number of hydrogen-bond donors (Lipinski definition) is 2. The average molecular weight is 272 g/mol. The Bertz CT molecular complexity index is 557. The molecule has 0 fully saturated rings. The zero-order chi connectivity index (χ0) is 13.8. The first-order chi connectivity index (χ1) is 9.13. The van der Waals surface area contributed by atoms with Crippen molar-refractivity contribution in [1.82, 2.24) is 5.32 Å². The maximum absolute atomic E-state index is 12.0. The van der Waals surface area contributed by atoms with Gasteiger partial charge in [-0.3, -0.25) is 0 Å². The number of aliphatic hydroxyl groups is 1. The zero-order valence-electron chi connectivity index (χ0n) is 10.3. The molecule has 0 atom stereocenters. The zero-order valence-corrected chi connectivity index (χ0v) is 11.2. The highest BCUT2D eigenvalue weighted by Crippen LogP contribution is 2.21. The van der Waals surface area contributed by atoms with Crippen LogP contribution in [0.15, 0.2) is 35.3 Å². The topological polar surface area (TPSA) is 73.1 Å². The van der Waals surface area contributed by atoms with Gasteiger partial charge in [-0.2, -0.15) is 0 Å². The number of allylic oxidation sites excluding steroid dienone is 4. The molecule has 0 saturated heterocycles. The van der Waals surface area contributed by atoms with Crippen LogP contribution < -0.4 is 5.32 Å². The van der Waals surface area contributed by atoms with E-state index >= 15 is 0 Å². The SMILES string of the molecule is N#CB1CCC(O)=C(C(=S)NC2=CCCC=C2)C1=O. The summed E-state index contributed by atoms with van der Waals surface area (Å²) >= 11 is 5.18. The smallest absolute Gasteiger partial charge is 0.351 e. The molecule has 2 aliphatic rings. The summed E-state index contributed by atoms with van der Waals surface area (Å²) < 4.78 is 0. The Morgan fingerprint density at radius 2 is 2.32 bits per heavy atom. The molecular formula is C13H13BN2O2S. The van der Waals surface area contributed by atoms with Crippen LogP contribution in [0.4, 0.5) is 0 Å². The summed E-state index contributed by atoms with van der Waals surface area (Å²) in [5, 5.41) is 21.7. The maximum atomic E-state index is 12.0. The van der Waals surface area contributed by atoms with Crippen LogP contribution in [0.2, 0.25) is 6.32 Å². The van der Waals surface area contributed by atoms with Crippen molar-refractivity contribution in [3.05, 3.63) is 35.3 Å². The summed E-state index contributed by atoms with van der Waals surface area (Å²) in [6.45, 7) is -0.707. The largest absolute Gasteiger partial charge is 0.512 e. The number of hydrogen-bond acceptors (Lipinski definition) is 4. The third-order valence-corrected chi connectivity index (χ3v) is 3.46. The van der Waals surface area contributed by atoms with E-state index in [1.165, 1.54) is 0 Å². The van der Waals surface area contributed by atoms with Gasteiger partial charge in [-0.1, -0.05) is 24.4 Å². The minimum atomic E-state index is -0.707. The number of aliphatic hydroxyl groups excluding tert-OH is 1. The van der Waals surface area contributed by atoms with Crippen LogP contribution >= 0.6 is 12.2 Å². The summed E-state index contributed by atoms with van der Waals surface area (Å²) in [7, 11) is 0. The Morgan fingerprint density at radius 3 is 2.95 bits per heavy atom. The minimum Gasteiger partial charge on any atom is -0.512 e. The van der Waals surface area contributed by atoms with E-state index in [0.717, 1.165) is 18.5 Å². The molecule has 0 unspecified atom stereocenters. The molecule has 0 saturated carbocycles. The van der Waals surface area contributed by atoms with Gasteiger partial charge in [-0.25, -0.2) is 5.26 Å². The Balaban J connectivity index is 2.17. The van der Waals surface area contributed by atoms with Gasteiger partial charge in [-0.15, -0.1) is 0 Å². The van der Waals surface area contributed by atoms with Gasteiger partial charge in [0.25, 0.3) is 0 Å². The van der Waals surface area contributed by atoms with Gasteiger partial charge in [0.15, 0.2) is 0 Å². The van der Waals surface area contributed by atoms with Crippen molar-refractivity contribution in [2.75, 3.05) is 0 Å². The Labute approximate surface area is 117 Å². The lowest BCUT2D eigenvalue weighted by molar-refractivity contribution is -0.109. The fraction of sp³-hybridized carbons (Fsp3) is 0.308. The first-order valence-electron chi connectivity index (χ1n) is 6.17. The lowest BCUT2D eigenvalue weighted by Crippen LogP contribution is -2.37. The highest BCUT2D eigenvalue weighted by atomic mass is 32.1. The van der Waals surface area contributed by atoms with E-state index in [9.17, 15) is 9.90 Å². The molecule has 0 aromatic heterocycles. The van der Waals surface area contributed by atoms with Crippen LogP contribution in [0.5, 0.6) is 0 Å².